The topological polar surface area (TPSA) is 49.9 Å². The molecular formula is C25H21ClN2O3. The van der Waals surface area contributed by atoms with Crippen LogP contribution in [0.4, 0.5) is 11.4 Å². The first-order chi connectivity index (χ1) is 15.0. The number of benzene rings is 3. The minimum Gasteiger partial charge on any atom is -0.273 e. The summed E-state index contributed by atoms with van der Waals surface area (Å²) in [7, 11) is 0. The van der Waals surface area contributed by atoms with E-state index in [0.717, 1.165) is 22.4 Å². The summed E-state index contributed by atoms with van der Waals surface area (Å²) in [6.45, 7) is 4.05. The third-order valence-electron chi connectivity index (χ3n) is 5.96. The predicted molar refractivity (Wildman–Crippen MR) is 120 cm³/mol. The molecule has 0 saturated carbocycles. The van der Waals surface area contributed by atoms with E-state index in [4.69, 9.17) is 16.4 Å². The van der Waals surface area contributed by atoms with Crippen molar-refractivity contribution in [2.75, 3.05) is 9.96 Å². The highest BCUT2D eigenvalue weighted by Gasteiger charge is 2.60. The molecule has 3 atom stereocenters. The van der Waals surface area contributed by atoms with E-state index in [0.29, 0.717) is 10.7 Å². The molecule has 0 bridgehead atoms. The molecule has 0 aliphatic carbocycles. The fourth-order valence-corrected chi connectivity index (χ4v) is 4.78. The van der Waals surface area contributed by atoms with Gasteiger partial charge in [0.15, 0.2) is 6.10 Å². The van der Waals surface area contributed by atoms with Gasteiger partial charge in [-0.1, -0.05) is 65.7 Å². The zero-order valence-electron chi connectivity index (χ0n) is 17.2. The van der Waals surface area contributed by atoms with Gasteiger partial charge >= 0.3 is 0 Å². The lowest BCUT2D eigenvalue weighted by atomic mass is 9.87. The van der Waals surface area contributed by atoms with Gasteiger partial charge in [0.25, 0.3) is 5.91 Å². The van der Waals surface area contributed by atoms with Crippen LogP contribution in [0.3, 0.4) is 0 Å². The van der Waals surface area contributed by atoms with Crippen LogP contribution in [0.5, 0.6) is 0 Å². The largest absolute Gasteiger partial charge is 0.273 e. The van der Waals surface area contributed by atoms with Gasteiger partial charge in [-0.15, -0.1) is 0 Å². The van der Waals surface area contributed by atoms with Crippen molar-refractivity contribution in [2.45, 2.75) is 26.0 Å². The summed E-state index contributed by atoms with van der Waals surface area (Å²) >= 11 is 6.31. The lowest BCUT2D eigenvalue weighted by Gasteiger charge is -2.30. The molecule has 31 heavy (non-hydrogen) atoms. The third kappa shape index (κ3) is 3.12. The summed E-state index contributed by atoms with van der Waals surface area (Å²) in [5.41, 5.74) is 4.33. The number of anilines is 2. The SMILES string of the molecule is Cc1ccc([C@H]2[C@@H]3C(=O)N(c4ccccc4Cl)C(=O)[C@H]3ON2c2ccccc2)c(C)c1. The summed E-state index contributed by atoms with van der Waals surface area (Å²) in [6.07, 6.45) is -0.908. The number of aryl methyl sites for hydroxylation is 2. The minimum absolute atomic E-state index is 0.300. The highest BCUT2D eigenvalue weighted by molar-refractivity contribution is 6.36. The van der Waals surface area contributed by atoms with Gasteiger partial charge in [-0.25, -0.2) is 9.96 Å². The van der Waals surface area contributed by atoms with Gasteiger partial charge in [0.2, 0.25) is 5.91 Å². The van der Waals surface area contributed by atoms with Crippen LogP contribution in [0.25, 0.3) is 0 Å². The van der Waals surface area contributed by atoms with Gasteiger partial charge in [0.1, 0.15) is 5.92 Å². The van der Waals surface area contributed by atoms with Crippen molar-refractivity contribution in [1.82, 2.24) is 0 Å². The molecule has 2 heterocycles. The van der Waals surface area contributed by atoms with E-state index >= 15 is 0 Å². The van der Waals surface area contributed by atoms with Crippen LogP contribution >= 0.6 is 11.6 Å². The Balaban J connectivity index is 1.63. The molecule has 0 unspecified atom stereocenters. The average molecular weight is 433 g/mol. The Labute approximate surface area is 185 Å². The summed E-state index contributed by atoms with van der Waals surface area (Å²) in [6, 6.07) is 22.1. The standard InChI is InChI=1S/C25H21ClN2O3/c1-15-12-13-18(16(2)14-15)22-21-23(31-28(22)17-8-4-3-5-9-17)25(30)27(24(21)29)20-11-7-6-10-19(20)26/h3-14,21-23H,1-2H3/t21-,22-,23-/m0/s1. The first-order valence-electron chi connectivity index (χ1n) is 10.2. The van der Waals surface area contributed by atoms with Crippen molar-refractivity contribution in [3.63, 3.8) is 0 Å². The normalized spacial score (nSPS) is 22.9. The molecule has 0 N–H and O–H groups in total. The summed E-state index contributed by atoms with van der Waals surface area (Å²) in [4.78, 5) is 34.3. The van der Waals surface area contributed by atoms with Gasteiger partial charge in [0, 0.05) is 0 Å². The number of amides is 2. The molecular weight excluding hydrogens is 412 g/mol. The highest BCUT2D eigenvalue weighted by Crippen LogP contribution is 2.48. The molecule has 5 rings (SSSR count). The quantitative estimate of drug-likeness (QED) is 0.546. The number of carbonyl (C=O) groups is 2. The molecule has 0 radical (unpaired) electrons. The van der Waals surface area contributed by atoms with Crippen LogP contribution in [-0.2, 0) is 14.4 Å². The summed E-state index contributed by atoms with van der Waals surface area (Å²) in [5.74, 6) is -1.37. The highest BCUT2D eigenvalue weighted by atomic mass is 35.5. The van der Waals surface area contributed by atoms with E-state index in [1.54, 1.807) is 29.3 Å². The maximum Gasteiger partial charge on any atom is 0.266 e. The predicted octanol–water partition coefficient (Wildman–Crippen LogP) is 5.01. The van der Waals surface area contributed by atoms with E-state index in [1.807, 2.05) is 56.3 Å². The molecule has 0 aromatic heterocycles. The molecule has 156 valence electrons. The molecule has 2 amide bonds. The molecule has 6 heteroatoms. The van der Waals surface area contributed by atoms with Crippen LogP contribution in [-0.4, -0.2) is 17.9 Å². The average Bonchev–Trinajstić information content (AvgIpc) is 3.26. The second-order valence-electron chi connectivity index (χ2n) is 7.98. The number of fused-ring (bicyclic) bond motifs is 1. The third-order valence-corrected chi connectivity index (χ3v) is 6.28. The first kappa shape index (κ1) is 19.8. The zero-order chi connectivity index (χ0) is 21.7. The van der Waals surface area contributed by atoms with Crippen LogP contribution in [0.1, 0.15) is 22.7 Å². The molecule has 2 aliphatic rings. The lowest BCUT2D eigenvalue weighted by Crippen LogP contribution is -2.37. The number of halogens is 1. The lowest BCUT2D eigenvalue weighted by molar-refractivity contribution is -0.126. The number of rotatable bonds is 3. The fourth-order valence-electron chi connectivity index (χ4n) is 4.56. The van der Waals surface area contributed by atoms with Gasteiger partial charge in [-0.2, -0.15) is 0 Å². The Bertz CT molecular complexity index is 1180. The molecule has 3 aromatic carbocycles. The summed E-state index contributed by atoms with van der Waals surface area (Å²) < 4.78 is 0. The Hall–Kier alpha value is -3.15. The van der Waals surface area contributed by atoms with Crippen molar-refractivity contribution in [3.05, 3.63) is 94.5 Å². The molecule has 0 spiro atoms. The summed E-state index contributed by atoms with van der Waals surface area (Å²) in [5, 5.41) is 2.07. The smallest absolute Gasteiger partial charge is 0.266 e. The molecule has 5 nitrogen and oxygen atoms in total. The van der Waals surface area contributed by atoms with Gasteiger partial charge in [0.05, 0.1) is 22.4 Å². The number of carbonyl (C=O) groups excluding carboxylic acids is 2. The monoisotopic (exact) mass is 432 g/mol. The van der Waals surface area contributed by atoms with Gasteiger partial charge < -0.3 is 0 Å². The number of hydrogen-bond donors (Lipinski definition) is 0. The molecule has 2 aliphatic heterocycles. The van der Waals surface area contributed by atoms with Crippen molar-refractivity contribution in [1.29, 1.82) is 0 Å². The van der Waals surface area contributed by atoms with E-state index < -0.39 is 24.0 Å². The molecule has 3 aromatic rings. The number of hydrogen-bond acceptors (Lipinski definition) is 4. The minimum atomic E-state index is -0.908. The Kier molecular flexibility index (Phi) is 4.80. The zero-order valence-corrected chi connectivity index (χ0v) is 17.9. The second-order valence-corrected chi connectivity index (χ2v) is 8.39. The Morgan fingerprint density at radius 3 is 2.29 bits per heavy atom. The Morgan fingerprint density at radius 1 is 0.871 bits per heavy atom. The maximum atomic E-state index is 13.6. The van der Waals surface area contributed by atoms with E-state index in [-0.39, 0.29) is 5.91 Å². The second kappa shape index (κ2) is 7.52. The van der Waals surface area contributed by atoms with Crippen LogP contribution in [0, 0.1) is 19.8 Å². The Morgan fingerprint density at radius 2 is 1.58 bits per heavy atom. The van der Waals surface area contributed by atoms with Gasteiger partial charge in [-0.05, 0) is 49.2 Å². The van der Waals surface area contributed by atoms with Crippen molar-refractivity contribution >= 4 is 34.8 Å². The van der Waals surface area contributed by atoms with Crippen LogP contribution < -0.4 is 9.96 Å². The van der Waals surface area contributed by atoms with E-state index in [1.165, 1.54) is 4.90 Å². The van der Waals surface area contributed by atoms with Crippen molar-refractivity contribution in [3.8, 4) is 0 Å². The van der Waals surface area contributed by atoms with Crippen molar-refractivity contribution in [2.24, 2.45) is 5.92 Å². The molecule has 2 fully saturated rings. The van der Waals surface area contributed by atoms with E-state index in [2.05, 4.69) is 6.07 Å². The number of hydroxylamine groups is 1. The molecule has 2 saturated heterocycles. The van der Waals surface area contributed by atoms with Gasteiger partial charge in [-0.3, -0.25) is 14.4 Å². The van der Waals surface area contributed by atoms with Crippen LogP contribution in [0.2, 0.25) is 5.02 Å². The number of imide groups is 1. The van der Waals surface area contributed by atoms with Crippen LogP contribution in [0.15, 0.2) is 72.8 Å². The van der Waals surface area contributed by atoms with Crippen molar-refractivity contribution < 1.29 is 14.4 Å². The first-order valence-corrected chi connectivity index (χ1v) is 10.6. The number of nitrogens with zero attached hydrogens (tertiary/aromatic N) is 2. The fraction of sp³-hybridized carbons (Fsp3) is 0.200. The number of para-hydroxylation sites is 2. The van der Waals surface area contributed by atoms with E-state index in [9.17, 15) is 9.59 Å². The maximum absolute atomic E-state index is 13.6.